The van der Waals surface area contributed by atoms with Crippen LogP contribution in [0.15, 0.2) is 54.6 Å². The number of benzene rings is 1. The fourth-order valence-electron chi connectivity index (χ4n) is 13.0. The van der Waals surface area contributed by atoms with Crippen LogP contribution < -0.4 is 0 Å². The molecular formula is C44H58O13. The van der Waals surface area contributed by atoms with Crippen LogP contribution >= 0.6 is 0 Å². The topological polar surface area (TPSA) is 194 Å². The summed E-state index contributed by atoms with van der Waals surface area (Å²) in [4.78, 5) is 26.7. The number of rotatable bonds is 5. The van der Waals surface area contributed by atoms with Crippen molar-refractivity contribution in [3.05, 3.63) is 60.2 Å². The molecular weight excluding hydrogens is 736 g/mol. The Kier molecular flexibility index (Phi) is 9.16. The average Bonchev–Trinajstić information content (AvgIpc) is 3.72. The molecule has 19 atom stereocenters. The molecule has 4 saturated heterocycles. The van der Waals surface area contributed by atoms with Crippen LogP contribution in [0.2, 0.25) is 0 Å². The van der Waals surface area contributed by atoms with Crippen LogP contribution in [-0.4, -0.2) is 109 Å². The fraction of sp³-hybridized carbons (Fsp3) is 0.727. The van der Waals surface area contributed by atoms with Crippen molar-refractivity contribution in [3.8, 4) is 0 Å². The number of allylic oxidation sites excluding steroid dienone is 2. The highest BCUT2D eigenvalue weighted by Gasteiger charge is 2.91. The van der Waals surface area contributed by atoms with Crippen molar-refractivity contribution >= 4 is 11.9 Å². The Morgan fingerprint density at radius 2 is 1.68 bits per heavy atom. The predicted molar refractivity (Wildman–Crippen MR) is 200 cm³/mol. The Bertz CT molecular complexity index is 1830. The highest BCUT2D eigenvalue weighted by Crippen LogP contribution is 2.75. The highest BCUT2D eigenvalue weighted by molar-refractivity contribution is 5.82. The van der Waals surface area contributed by atoms with Crippen molar-refractivity contribution in [1.82, 2.24) is 0 Å². The molecule has 5 N–H and O–H groups in total. The van der Waals surface area contributed by atoms with Gasteiger partial charge in [0.25, 0.3) is 0 Å². The van der Waals surface area contributed by atoms with E-state index in [0.717, 1.165) is 0 Å². The van der Waals surface area contributed by atoms with Gasteiger partial charge in [-0.3, -0.25) is 4.79 Å². The van der Waals surface area contributed by atoms with Crippen molar-refractivity contribution in [3.63, 3.8) is 0 Å². The third kappa shape index (κ3) is 5.26. The summed E-state index contributed by atoms with van der Waals surface area (Å²) in [5, 5.41) is 63.3. The number of epoxide rings is 1. The fourth-order valence-corrected chi connectivity index (χ4v) is 13.0. The molecule has 1 spiro atoms. The predicted octanol–water partition coefficient (Wildman–Crippen LogP) is 3.04. The van der Waals surface area contributed by atoms with Gasteiger partial charge in [-0.1, -0.05) is 77.1 Å². The molecule has 9 aliphatic rings. The molecule has 10 rings (SSSR count). The summed E-state index contributed by atoms with van der Waals surface area (Å²) >= 11 is 0. The number of aliphatic hydroxyl groups excluding tert-OH is 2. The van der Waals surface area contributed by atoms with Gasteiger partial charge in [0.05, 0.1) is 17.8 Å². The van der Waals surface area contributed by atoms with Crippen LogP contribution in [0.5, 0.6) is 0 Å². The first-order valence-electron chi connectivity index (χ1n) is 20.9. The maximum absolute atomic E-state index is 13.7. The maximum atomic E-state index is 13.7. The standard InChI is InChI=1S/C44H58O13/c1-22(2)18-32(47)52-29-14-10-11-15-31(46)53-34-23(3)19-30-41(34,50)38(48)40(21-45)36(54-40)33-37-43(51,39(6,49)20-26-16-17-28(29)24(26)4)35-25(5)42(30,33)57-44(55-35,56-37)27-12-8-7-9-13-27/h7-15,22-26,28-30,33-38,45,48-51H,16-21H2,1-6H3/b14-10+,15-11-/t23-,24+,25+,26+,28-,29+,30+,33-,34-,35+,36-,37-,38+,39-,40-,41+,42+,43-,44+/m0/s1. The van der Waals surface area contributed by atoms with Gasteiger partial charge >= 0.3 is 17.9 Å². The summed E-state index contributed by atoms with van der Waals surface area (Å²) in [5.41, 5.74) is -8.82. The molecule has 57 heavy (non-hydrogen) atoms. The van der Waals surface area contributed by atoms with Gasteiger partial charge in [0.2, 0.25) is 0 Å². The average molecular weight is 795 g/mol. The first kappa shape index (κ1) is 39.7. The van der Waals surface area contributed by atoms with E-state index in [-0.39, 0.29) is 48.9 Å². The molecule has 0 amide bonds. The number of carbonyl (C=O) groups is 2. The summed E-state index contributed by atoms with van der Waals surface area (Å²) in [5.74, 6) is -6.33. The van der Waals surface area contributed by atoms with E-state index in [9.17, 15) is 35.1 Å². The van der Waals surface area contributed by atoms with Crippen LogP contribution in [0.3, 0.4) is 0 Å². The zero-order valence-corrected chi connectivity index (χ0v) is 33.5. The van der Waals surface area contributed by atoms with Crippen molar-refractivity contribution in [2.24, 2.45) is 47.3 Å². The lowest BCUT2D eigenvalue weighted by Crippen LogP contribution is -2.89. The van der Waals surface area contributed by atoms with Gasteiger partial charge in [-0.2, -0.15) is 0 Å². The molecule has 0 aromatic heterocycles. The molecule has 1 aromatic rings. The minimum absolute atomic E-state index is 0.0620. The van der Waals surface area contributed by atoms with E-state index in [4.69, 9.17) is 28.4 Å². The molecule has 13 nitrogen and oxygen atoms in total. The Hall–Kier alpha value is -2.72. The zero-order valence-electron chi connectivity index (χ0n) is 33.5. The van der Waals surface area contributed by atoms with E-state index >= 15 is 0 Å². The molecule has 8 fully saturated rings. The third-order valence-electron chi connectivity index (χ3n) is 15.8. The van der Waals surface area contributed by atoms with E-state index in [0.29, 0.717) is 18.4 Å². The largest absolute Gasteiger partial charge is 0.458 e. The Labute approximate surface area is 333 Å². The van der Waals surface area contributed by atoms with E-state index in [1.54, 1.807) is 31.2 Å². The minimum atomic E-state index is -2.21. The molecule has 5 aliphatic heterocycles. The van der Waals surface area contributed by atoms with Crippen LogP contribution in [0.4, 0.5) is 0 Å². The smallest absolute Gasteiger partial charge is 0.331 e. The first-order chi connectivity index (χ1) is 26.9. The molecule has 4 aliphatic carbocycles. The summed E-state index contributed by atoms with van der Waals surface area (Å²) in [6.07, 6.45) is 1.15. The van der Waals surface area contributed by atoms with E-state index < -0.39 is 107 Å². The van der Waals surface area contributed by atoms with E-state index in [1.165, 1.54) is 12.2 Å². The van der Waals surface area contributed by atoms with Crippen LogP contribution in [-0.2, 0) is 44.0 Å². The number of esters is 2. The summed E-state index contributed by atoms with van der Waals surface area (Å²) in [6.45, 7) is 10.6. The lowest BCUT2D eigenvalue weighted by atomic mass is 9.49. The maximum Gasteiger partial charge on any atom is 0.331 e. The molecule has 13 heteroatoms. The molecule has 10 bridgehead atoms. The van der Waals surface area contributed by atoms with Crippen molar-refractivity contribution < 1.29 is 63.5 Å². The number of fused-ring (bicyclic) bond motifs is 3. The number of hydrogen-bond acceptors (Lipinski definition) is 13. The van der Waals surface area contributed by atoms with Crippen molar-refractivity contribution in [2.45, 2.75) is 144 Å². The van der Waals surface area contributed by atoms with Gasteiger partial charge in [-0.25, -0.2) is 4.79 Å². The normalized spacial score (nSPS) is 54.4. The molecule has 5 heterocycles. The second-order valence-corrected chi connectivity index (χ2v) is 19.3. The van der Waals surface area contributed by atoms with E-state index in [1.807, 2.05) is 45.9 Å². The SMILES string of the molecule is CC(C)CC(=O)O[C@@H]1/C=C/C=C\C(=O)O[C@H]2[C@@H](C)C[C@@H]3[C@]2(O)[C@H](O)[C@@]2(CO)O[C@H]2[C@H]2[C@@H]4O[C@@]5(c6ccccc6)O[C@H]([C@@H](C)[C@]23O5)[C@@]4(O)[C@@](C)(O)C[C@H]2CC[C@H]1[C@@H]2C. The third-order valence-corrected chi connectivity index (χ3v) is 15.8. The summed E-state index contributed by atoms with van der Waals surface area (Å²) in [6, 6.07) is 9.04. The van der Waals surface area contributed by atoms with Gasteiger partial charge in [-0.05, 0) is 62.4 Å². The molecule has 1 aromatic carbocycles. The summed E-state index contributed by atoms with van der Waals surface area (Å²) < 4.78 is 39.5. The Balaban J connectivity index is 1.22. The second-order valence-electron chi connectivity index (χ2n) is 19.3. The highest BCUT2D eigenvalue weighted by atomic mass is 16.9. The van der Waals surface area contributed by atoms with Crippen LogP contribution in [0.25, 0.3) is 0 Å². The number of hydrogen-bond donors (Lipinski definition) is 5. The van der Waals surface area contributed by atoms with Crippen molar-refractivity contribution in [1.29, 1.82) is 0 Å². The quantitative estimate of drug-likeness (QED) is 0.216. The first-order valence-corrected chi connectivity index (χ1v) is 20.9. The second kappa shape index (κ2) is 13.1. The van der Waals surface area contributed by atoms with Crippen LogP contribution in [0.1, 0.15) is 79.2 Å². The zero-order chi connectivity index (χ0) is 40.7. The Morgan fingerprint density at radius 3 is 2.39 bits per heavy atom. The van der Waals surface area contributed by atoms with Gasteiger partial charge in [-0.15, -0.1) is 0 Å². The number of carbonyl (C=O) groups excluding carboxylic acids is 2. The van der Waals surface area contributed by atoms with E-state index in [2.05, 4.69) is 6.92 Å². The molecule has 312 valence electrons. The minimum Gasteiger partial charge on any atom is -0.458 e. The van der Waals surface area contributed by atoms with Crippen molar-refractivity contribution in [2.75, 3.05) is 6.61 Å². The van der Waals surface area contributed by atoms with Gasteiger partial charge < -0.3 is 54.0 Å². The number of aliphatic hydroxyl groups is 5. The molecule has 4 saturated carbocycles. The van der Waals surface area contributed by atoms with Gasteiger partial charge in [0.15, 0.2) is 0 Å². The lowest BCUT2D eigenvalue weighted by molar-refractivity contribution is -0.595. The monoisotopic (exact) mass is 794 g/mol. The van der Waals surface area contributed by atoms with Crippen LogP contribution in [0, 0.1) is 47.3 Å². The van der Waals surface area contributed by atoms with Gasteiger partial charge in [0.1, 0.15) is 53.4 Å². The lowest BCUT2D eigenvalue weighted by Gasteiger charge is -2.74. The van der Waals surface area contributed by atoms with Gasteiger partial charge in [0, 0.05) is 41.7 Å². The summed E-state index contributed by atoms with van der Waals surface area (Å²) in [7, 11) is 0. The Morgan fingerprint density at radius 1 is 0.965 bits per heavy atom. The number of ether oxygens (including phenoxy) is 6. The molecule has 0 radical (unpaired) electrons. The molecule has 0 unspecified atom stereocenters.